The number of hydrogen-bond donors (Lipinski definition) is 2. The van der Waals surface area contributed by atoms with Crippen LogP contribution in [0.3, 0.4) is 0 Å². The van der Waals surface area contributed by atoms with Crippen LogP contribution in [0.1, 0.15) is 35.0 Å². The molecule has 2 N–H and O–H groups in total. The van der Waals surface area contributed by atoms with E-state index in [4.69, 9.17) is 0 Å². The fourth-order valence-electron chi connectivity index (χ4n) is 2.23. The number of hydrogen-bond acceptors (Lipinski definition) is 4. The SMILES string of the molecule is CCC(=O)Nc1cc(C(=O)NCc2cccc(OC(F)(F)F)c2)cc(C)n1. The molecule has 0 atom stereocenters. The summed E-state index contributed by atoms with van der Waals surface area (Å²) in [6.07, 6.45) is -4.51. The molecule has 0 aliphatic carbocycles. The normalized spacial score (nSPS) is 11.0. The molecule has 0 aliphatic rings. The van der Waals surface area contributed by atoms with Crippen LogP contribution < -0.4 is 15.4 Å². The summed E-state index contributed by atoms with van der Waals surface area (Å²) in [7, 11) is 0. The van der Waals surface area contributed by atoms with Crippen molar-refractivity contribution in [1.82, 2.24) is 10.3 Å². The summed E-state index contributed by atoms with van der Waals surface area (Å²) >= 11 is 0. The average molecular weight is 381 g/mol. The van der Waals surface area contributed by atoms with Crippen molar-refractivity contribution in [3.8, 4) is 5.75 Å². The number of benzene rings is 1. The fourth-order valence-corrected chi connectivity index (χ4v) is 2.23. The number of nitrogens with zero attached hydrogens (tertiary/aromatic N) is 1. The topological polar surface area (TPSA) is 80.3 Å². The van der Waals surface area contributed by atoms with Crippen molar-refractivity contribution >= 4 is 17.6 Å². The third-order valence-electron chi connectivity index (χ3n) is 3.39. The predicted molar refractivity (Wildman–Crippen MR) is 92.2 cm³/mol. The third-order valence-corrected chi connectivity index (χ3v) is 3.39. The molecule has 1 aromatic heterocycles. The van der Waals surface area contributed by atoms with E-state index in [1.54, 1.807) is 26.0 Å². The largest absolute Gasteiger partial charge is 0.573 e. The van der Waals surface area contributed by atoms with Crippen molar-refractivity contribution in [3.63, 3.8) is 0 Å². The molecule has 0 fully saturated rings. The Labute approximate surface area is 153 Å². The van der Waals surface area contributed by atoms with Crippen molar-refractivity contribution in [3.05, 3.63) is 53.2 Å². The molecule has 2 amide bonds. The lowest BCUT2D eigenvalue weighted by atomic mass is 10.2. The van der Waals surface area contributed by atoms with Crippen LogP contribution >= 0.6 is 0 Å². The molecule has 0 aliphatic heterocycles. The van der Waals surface area contributed by atoms with Gasteiger partial charge in [0.1, 0.15) is 11.6 Å². The van der Waals surface area contributed by atoms with Gasteiger partial charge in [-0.1, -0.05) is 19.1 Å². The summed E-state index contributed by atoms with van der Waals surface area (Å²) in [6, 6.07) is 8.30. The minimum absolute atomic E-state index is 0.00587. The maximum atomic E-state index is 12.3. The quantitative estimate of drug-likeness (QED) is 0.802. The van der Waals surface area contributed by atoms with Gasteiger partial charge >= 0.3 is 6.36 Å². The zero-order valence-corrected chi connectivity index (χ0v) is 14.7. The van der Waals surface area contributed by atoms with Gasteiger partial charge in [-0.25, -0.2) is 4.98 Å². The van der Waals surface area contributed by atoms with E-state index in [-0.39, 0.29) is 36.0 Å². The highest BCUT2D eigenvalue weighted by Gasteiger charge is 2.31. The zero-order chi connectivity index (χ0) is 20.0. The highest BCUT2D eigenvalue weighted by molar-refractivity contribution is 5.96. The zero-order valence-electron chi connectivity index (χ0n) is 14.7. The first kappa shape index (κ1) is 20.2. The smallest absolute Gasteiger partial charge is 0.406 e. The second-order valence-electron chi connectivity index (χ2n) is 5.66. The minimum atomic E-state index is -4.78. The van der Waals surface area contributed by atoms with E-state index in [9.17, 15) is 22.8 Å². The van der Waals surface area contributed by atoms with Crippen molar-refractivity contribution in [2.24, 2.45) is 0 Å². The summed E-state index contributed by atoms with van der Waals surface area (Å²) < 4.78 is 40.7. The standard InChI is InChI=1S/C18H18F3N3O3/c1-3-16(25)24-15-9-13(7-11(2)23-15)17(26)22-10-12-5-4-6-14(8-12)27-18(19,20)21/h4-9H,3,10H2,1-2H3,(H,22,26)(H,23,24,25). The molecule has 2 rings (SSSR count). The van der Waals surface area contributed by atoms with Crippen LogP contribution in [0.2, 0.25) is 0 Å². The summed E-state index contributed by atoms with van der Waals surface area (Å²) in [4.78, 5) is 27.9. The van der Waals surface area contributed by atoms with Crippen LogP contribution in [-0.4, -0.2) is 23.2 Å². The Morgan fingerprint density at radius 2 is 1.93 bits per heavy atom. The van der Waals surface area contributed by atoms with Crippen LogP contribution in [0.5, 0.6) is 5.75 Å². The molecule has 0 saturated carbocycles. The van der Waals surface area contributed by atoms with E-state index < -0.39 is 12.3 Å². The summed E-state index contributed by atoms with van der Waals surface area (Å²) in [5, 5.41) is 5.19. The predicted octanol–water partition coefficient (Wildman–Crippen LogP) is 3.57. The fraction of sp³-hybridized carbons (Fsp3) is 0.278. The minimum Gasteiger partial charge on any atom is -0.406 e. The highest BCUT2D eigenvalue weighted by Crippen LogP contribution is 2.23. The van der Waals surface area contributed by atoms with Crippen LogP contribution in [0.15, 0.2) is 36.4 Å². The number of ether oxygens (including phenoxy) is 1. The number of rotatable bonds is 6. The maximum absolute atomic E-state index is 12.3. The molecule has 0 saturated heterocycles. The van der Waals surface area contributed by atoms with Crippen LogP contribution in [0, 0.1) is 6.92 Å². The van der Waals surface area contributed by atoms with Gasteiger partial charge in [-0.05, 0) is 36.8 Å². The number of aromatic nitrogens is 1. The van der Waals surface area contributed by atoms with E-state index in [1.807, 2.05) is 0 Å². The molecular weight excluding hydrogens is 363 g/mol. The molecule has 0 spiro atoms. The molecule has 9 heteroatoms. The van der Waals surface area contributed by atoms with Crippen molar-refractivity contribution < 1.29 is 27.5 Å². The Kier molecular flexibility index (Phi) is 6.38. The van der Waals surface area contributed by atoms with E-state index in [0.717, 1.165) is 0 Å². The Hall–Kier alpha value is -3.10. The van der Waals surface area contributed by atoms with E-state index >= 15 is 0 Å². The Balaban J connectivity index is 2.05. The Morgan fingerprint density at radius 1 is 1.19 bits per heavy atom. The lowest BCUT2D eigenvalue weighted by molar-refractivity contribution is -0.274. The van der Waals surface area contributed by atoms with Crippen molar-refractivity contribution in [1.29, 1.82) is 0 Å². The third kappa shape index (κ3) is 6.61. The Bertz CT molecular complexity index is 838. The monoisotopic (exact) mass is 381 g/mol. The van der Waals surface area contributed by atoms with Crippen LogP contribution in [0.4, 0.5) is 19.0 Å². The maximum Gasteiger partial charge on any atom is 0.573 e. The lowest BCUT2D eigenvalue weighted by Crippen LogP contribution is -2.23. The average Bonchev–Trinajstić information content (AvgIpc) is 2.57. The van der Waals surface area contributed by atoms with Gasteiger partial charge < -0.3 is 15.4 Å². The number of amides is 2. The van der Waals surface area contributed by atoms with Gasteiger partial charge in [-0.15, -0.1) is 13.2 Å². The highest BCUT2D eigenvalue weighted by atomic mass is 19.4. The molecular formula is C18H18F3N3O3. The van der Waals surface area contributed by atoms with Gasteiger partial charge in [0.15, 0.2) is 0 Å². The first-order chi connectivity index (χ1) is 12.7. The second-order valence-corrected chi connectivity index (χ2v) is 5.66. The molecule has 1 aromatic carbocycles. The first-order valence-corrected chi connectivity index (χ1v) is 8.07. The van der Waals surface area contributed by atoms with Gasteiger partial charge in [0.2, 0.25) is 5.91 Å². The number of carbonyl (C=O) groups is 2. The van der Waals surface area contributed by atoms with Crippen molar-refractivity contribution in [2.45, 2.75) is 33.2 Å². The van der Waals surface area contributed by atoms with Gasteiger partial charge in [-0.2, -0.15) is 0 Å². The number of anilines is 1. The summed E-state index contributed by atoms with van der Waals surface area (Å²) in [6.45, 7) is 3.37. The number of nitrogens with one attached hydrogen (secondary N) is 2. The molecule has 27 heavy (non-hydrogen) atoms. The van der Waals surface area contributed by atoms with E-state index in [1.165, 1.54) is 24.3 Å². The molecule has 0 unspecified atom stereocenters. The summed E-state index contributed by atoms with van der Waals surface area (Å²) in [5.41, 5.74) is 1.25. The first-order valence-electron chi connectivity index (χ1n) is 8.07. The molecule has 0 radical (unpaired) electrons. The van der Waals surface area contributed by atoms with Crippen LogP contribution in [-0.2, 0) is 11.3 Å². The van der Waals surface area contributed by atoms with Gasteiger partial charge in [-0.3, -0.25) is 9.59 Å². The Morgan fingerprint density at radius 3 is 2.59 bits per heavy atom. The molecule has 6 nitrogen and oxygen atoms in total. The van der Waals surface area contributed by atoms with Gasteiger partial charge in [0.25, 0.3) is 5.91 Å². The number of aryl methyl sites for hydroxylation is 1. The number of alkyl halides is 3. The number of carbonyl (C=O) groups excluding carboxylic acids is 2. The number of halogens is 3. The van der Waals surface area contributed by atoms with E-state index in [0.29, 0.717) is 11.3 Å². The number of pyridine rings is 1. The van der Waals surface area contributed by atoms with Crippen molar-refractivity contribution in [2.75, 3.05) is 5.32 Å². The van der Waals surface area contributed by atoms with Crippen LogP contribution in [0.25, 0.3) is 0 Å². The molecule has 144 valence electrons. The second kappa shape index (κ2) is 8.52. The molecule has 1 heterocycles. The van der Waals surface area contributed by atoms with Gasteiger partial charge in [0, 0.05) is 24.2 Å². The lowest BCUT2D eigenvalue weighted by Gasteiger charge is -2.11. The summed E-state index contributed by atoms with van der Waals surface area (Å²) in [5.74, 6) is -0.790. The van der Waals surface area contributed by atoms with E-state index in [2.05, 4.69) is 20.4 Å². The van der Waals surface area contributed by atoms with Gasteiger partial charge in [0.05, 0.1) is 0 Å². The molecule has 0 bridgehead atoms. The molecule has 2 aromatic rings.